The third kappa shape index (κ3) is 6.36. The van der Waals surface area contributed by atoms with E-state index in [9.17, 15) is 4.79 Å². The minimum atomic E-state index is -0.488. The standard InChI is InChI=1S/C24H24Cl2N4O4/c1-4-5-8-15-9-6-12-19(34-24-28-20(32-2)13-21(29-24)33-3)17(15)14-27-30-23(31)16-10-7-11-18(25)22(16)26/h6-7,9-14H,4-5,8H2,1-3H3,(H,30,31)/b27-14+. The van der Waals surface area contributed by atoms with E-state index in [2.05, 4.69) is 27.4 Å². The van der Waals surface area contributed by atoms with Gasteiger partial charge in [-0.15, -0.1) is 0 Å². The molecule has 2 aromatic carbocycles. The summed E-state index contributed by atoms with van der Waals surface area (Å²) in [6, 6.07) is 12.0. The maximum Gasteiger partial charge on any atom is 0.328 e. The number of methoxy groups -OCH3 is 2. The number of rotatable bonds is 10. The Morgan fingerprint density at radius 3 is 2.47 bits per heavy atom. The van der Waals surface area contributed by atoms with Gasteiger partial charge in [0.2, 0.25) is 11.8 Å². The molecular formula is C24H24Cl2N4O4. The second-order valence-electron chi connectivity index (χ2n) is 7.07. The van der Waals surface area contributed by atoms with Crippen molar-refractivity contribution in [2.45, 2.75) is 26.2 Å². The molecule has 0 bridgehead atoms. The van der Waals surface area contributed by atoms with Crippen LogP contribution in [0.3, 0.4) is 0 Å². The first-order valence-electron chi connectivity index (χ1n) is 10.5. The molecule has 0 saturated heterocycles. The van der Waals surface area contributed by atoms with Crippen LogP contribution in [0.4, 0.5) is 0 Å². The molecule has 0 saturated carbocycles. The Morgan fingerprint density at radius 1 is 1.09 bits per heavy atom. The van der Waals surface area contributed by atoms with E-state index in [0.29, 0.717) is 23.1 Å². The molecule has 0 unspecified atom stereocenters. The van der Waals surface area contributed by atoms with Gasteiger partial charge in [0.15, 0.2) is 0 Å². The Bertz CT molecular complexity index is 1170. The third-order valence-corrected chi connectivity index (χ3v) is 5.61. The Hall–Kier alpha value is -3.36. The zero-order valence-corrected chi connectivity index (χ0v) is 20.5. The molecule has 0 aliphatic carbocycles. The fourth-order valence-electron chi connectivity index (χ4n) is 3.04. The highest BCUT2D eigenvalue weighted by Crippen LogP contribution is 2.29. The van der Waals surface area contributed by atoms with E-state index in [-0.39, 0.29) is 21.6 Å². The van der Waals surface area contributed by atoms with Crippen molar-refractivity contribution >= 4 is 35.3 Å². The van der Waals surface area contributed by atoms with Crippen LogP contribution in [0, 0.1) is 0 Å². The van der Waals surface area contributed by atoms with Gasteiger partial charge in [-0.25, -0.2) is 5.43 Å². The number of aryl methyl sites for hydroxylation is 1. The number of hydrogen-bond acceptors (Lipinski definition) is 7. The summed E-state index contributed by atoms with van der Waals surface area (Å²) in [6.07, 6.45) is 4.31. The Morgan fingerprint density at radius 2 is 1.79 bits per heavy atom. The summed E-state index contributed by atoms with van der Waals surface area (Å²) in [5.74, 6) is 0.565. The van der Waals surface area contributed by atoms with Crippen molar-refractivity contribution in [3.63, 3.8) is 0 Å². The molecule has 0 aliphatic heterocycles. The van der Waals surface area contributed by atoms with Gasteiger partial charge in [0.05, 0.1) is 42.1 Å². The van der Waals surface area contributed by atoms with E-state index in [4.69, 9.17) is 37.4 Å². The number of amides is 1. The number of benzene rings is 2. The van der Waals surface area contributed by atoms with Crippen molar-refractivity contribution < 1.29 is 19.0 Å². The quantitative estimate of drug-likeness (QED) is 0.282. The molecular weight excluding hydrogens is 479 g/mol. The van der Waals surface area contributed by atoms with Crippen LogP contribution in [0.5, 0.6) is 23.5 Å². The highest BCUT2D eigenvalue weighted by Gasteiger charge is 2.14. The molecule has 34 heavy (non-hydrogen) atoms. The molecule has 0 atom stereocenters. The SMILES string of the molecule is CCCCc1cccc(Oc2nc(OC)cc(OC)n2)c1/C=N/NC(=O)c1cccc(Cl)c1Cl. The number of unbranched alkanes of at least 4 members (excludes halogenated alkanes) is 1. The number of hydrazone groups is 1. The molecule has 1 N–H and O–H groups in total. The first-order chi connectivity index (χ1) is 16.5. The maximum atomic E-state index is 12.5. The molecule has 0 radical (unpaired) electrons. The van der Waals surface area contributed by atoms with Crippen molar-refractivity contribution in [1.29, 1.82) is 0 Å². The normalized spacial score (nSPS) is 10.9. The van der Waals surface area contributed by atoms with Gasteiger partial charge in [0.1, 0.15) is 5.75 Å². The van der Waals surface area contributed by atoms with E-state index < -0.39 is 5.91 Å². The summed E-state index contributed by atoms with van der Waals surface area (Å²) >= 11 is 12.1. The van der Waals surface area contributed by atoms with E-state index >= 15 is 0 Å². The molecule has 0 fully saturated rings. The van der Waals surface area contributed by atoms with Gasteiger partial charge in [-0.1, -0.05) is 54.7 Å². The lowest BCUT2D eigenvalue weighted by Crippen LogP contribution is -2.18. The fourth-order valence-corrected chi connectivity index (χ4v) is 3.43. The molecule has 178 valence electrons. The molecule has 1 aromatic heterocycles. The average Bonchev–Trinajstić information content (AvgIpc) is 2.85. The predicted molar refractivity (Wildman–Crippen MR) is 132 cm³/mol. The van der Waals surface area contributed by atoms with Crippen LogP contribution in [-0.2, 0) is 6.42 Å². The summed E-state index contributed by atoms with van der Waals surface area (Å²) in [6.45, 7) is 2.11. The average molecular weight is 503 g/mol. The first kappa shape index (κ1) is 25.3. The number of ether oxygens (including phenoxy) is 3. The highest BCUT2D eigenvalue weighted by molar-refractivity contribution is 6.43. The van der Waals surface area contributed by atoms with Gasteiger partial charge in [0.25, 0.3) is 5.91 Å². The molecule has 10 heteroatoms. The second kappa shape index (κ2) is 12.2. The van der Waals surface area contributed by atoms with Gasteiger partial charge in [-0.2, -0.15) is 15.1 Å². The van der Waals surface area contributed by atoms with Gasteiger partial charge in [-0.3, -0.25) is 4.79 Å². The number of nitrogens with one attached hydrogen (secondary N) is 1. The second-order valence-corrected chi connectivity index (χ2v) is 7.86. The van der Waals surface area contributed by atoms with Crippen LogP contribution in [0.15, 0.2) is 47.6 Å². The minimum Gasteiger partial charge on any atom is -0.481 e. The topological polar surface area (TPSA) is 94.9 Å². The summed E-state index contributed by atoms with van der Waals surface area (Å²) in [5, 5.41) is 4.58. The lowest BCUT2D eigenvalue weighted by molar-refractivity contribution is 0.0955. The van der Waals surface area contributed by atoms with Crippen LogP contribution in [-0.4, -0.2) is 36.3 Å². The van der Waals surface area contributed by atoms with Crippen molar-refractivity contribution in [1.82, 2.24) is 15.4 Å². The zero-order chi connectivity index (χ0) is 24.5. The maximum absolute atomic E-state index is 12.5. The number of aromatic nitrogens is 2. The van der Waals surface area contributed by atoms with Crippen molar-refractivity contribution in [2.75, 3.05) is 14.2 Å². The Labute approximate surface area is 207 Å². The molecule has 1 amide bonds. The number of carbonyl (C=O) groups excluding carboxylic acids is 1. The molecule has 0 aliphatic rings. The van der Waals surface area contributed by atoms with E-state index in [1.54, 1.807) is 30.3 Å². The van der Waals surface area contributed by atoms with E-state index in [0.717, 1.165) is 24.8 Å². The summed E-state index contributed by atoms with van der Waals surface area (Å²) in [5.41, 5.74) is 4.38. The number of halogens is 2. The van der Waals surface area contributed by atoms with Crippen LogP contribution >= 0.6 is 23.2 Å². The van der Waals surface area contributed by atoms with Gasteiger partial charge in [-0.05, 0) is 36.6 Å². The molecule has 8 nitrogen and oxygen atoms in total. The number of hydrogen-bond donors (Lipinski definition) is 1. The Kier molecular flexibility index (Phi) is 9.07. The molecule has 3 aromatic rings. The van der Waals surface area contributed by atoms with Crippen molar-refractivity contribution in [2.24, 2.45) is 5.10 Å². The molecule has 3 rings (SSSR count). The first-order valence-corrected chi connectivity index (χ1v) is 11.3. The van der Waals surface area contributed by atoms with Crippen LogP contribution < -0.4 is 19.6 Å². The lowest BCUT2D eigenvalue weighted by Gasteiger charge is -2.13. The predicted octanol–water partition coefficient (Wildman–Crippen LogP) is 5.70. The molecule has 0 spiro atoms. The fraction of sp³-hybridized carbons (Fsp3) is 0.250. The van der Waals surface area contributed by atoms with Gasteiger partial charge >= 0.3 is 6.01 Å². The third-order valence-electron chi connectivity index (χ3n) is 4.79. The van der Waals surface area contributed by atoms with Crippen LogP contribution in [0.1, 0.15) is 41.3 Å². The smallest absolute Gasteiger partial charge is 0.328 e. The summed E-state index contributed by atoms with van der Waals surface area (Å²) in [7, 11) is 2.98. The molecule has 1 heterocycles. The monoisotopic (exact) mass is 502 g/mol. The number of nitrogens with zero attached hydrogens (tertiary/aromatic N) is 3. The van der Waals surface area contributed by atoms with Crippen molar-refractivity contribution in [3.05, 3.63) is 69.2 Å². The van der Waals surface area contributed by atoms with Crippen molar-refractivity contribution in [3.8, 4) is 23.5 Å². The summed E-state index contributed by atoms with van der Waals surface area (Å²) < 4.78 is 16.3. The summed E-state index contributed by atoms with van der Waals surface area (Å²) in [4.78, 5) is 21.0. The lowest BCUT2D eigenvalue weighted by atomic mass is 10.0. The highest BCUT2D eigenvalue weighted by atomic mass is 35.5. The minimum absolute atomic E-state index is 0.0493. The Balaban J connectivity index is 1.90. The van der Waals surface area contributed by atoms with E-state index in [1.165, 1.54) is 20.4 Å². The zero-order valence-electron chi connectivity index (χ0n) is 19.0. The van der Waals surface area contributed by atoms with Crippen LogP contribution in [0.25, 0.3) is 0 Å². The number of carbonyl (C=O) groups is 1. The van der Waals surface area contributed by atoms with Gasteiger partial charge in [0, 0.05) is 5.56 Å². The van der Waals surface area contributed by atoms with Crippen LogP contribution in [0.2, 0.25) is 10.0 Å². The van der Waals surface area contributed by atoms with E-state index in [1.807, 2.05) is 12.1 Å². The van der Waals surface area contributed by atoms with Gasteiger partial charge < -0.3 is 14.2 Å². The largest absolute Gasteiger partial charge is 0.481 e.